The van der Waals surface area contributed by atoms with Crippen LogP contribution >= 0.6 is 7.82 Å². The van der Waals surface area contributed by atoms with Gasteiger partial charge in [-0.1, -0.05) is 146 Å². The number of nitrogens with one attached hydrogen (secondary N) is 1. The molecule has 0 saturated carbocycles. The van der Waals surface area contributed by atoms with E-state index in [2.05, 4.69) is 37.4 Å². The first kappa shape index (κ1) is 50.9. The van der Waals surface area contributed by atoms with Crippen molar-refractivity contribution in [1.29, 1.82) is 0 Å². The molecule has 0 rings (SSSR count). The van der Waals surface area contributed by atoms with E-state index in [9.17, 15) is 24.2 Å². The summed E-state index contributed by atoms with van der Waals surface area (Å²) in [6.07, 6.45) is 39.6. The van der Waals surface area contributed by atoms with Gasteiger partial charge in [-0.2, -0.15) is 0 Å². The number of phosphoric ester groups is 1. The maximum absolute atomic E-state index is 12.8. The Balaban J connectivity index is 4.65. The maximum atomic E-state index is 12.8. The zero-order chi connectivity index (χ0) is 39.5. The lowest BCUT2D eigenvalue weighted by molar-refractivity contribution is -0.870. The highest BCUT2D eigenvalue weighted by Crippen LogP contribution is 2.38. The van der Waals surface area contributed by atoms with Crippen LogP contribution in [0.15, 0.2) is 60.8 Å². The van der Waals surface area contributed by atoms with E-state index in [4.69, 9.17) is 9.05 Å². The normalized spacial score (nSPS) is 15.0. The molecule has 0 aliphatic rings. The molecule has 0 heterocycles. The number of hydrogen-bond donors (Lipinski definition) is 2. The Kier molecular flexibility index (Phi) is 33.0. The Bertz CT molecular complexity index is 1110. The summed E-state index contributed by atoms with van der Waals surface area (Å²) in [5.74, 6) is -0.104. The van der Waals surface area contributed by atoms with Gasteiger partial charge >= 0.3 is 0 Å². The van der Waals surface area contributed by atoms with Crippen LogP contribution < -0.4 is 10.2 Å². The predicted octanol–water partition coefficient (Wildman–Crippen LogP) is 9.62. The number of carbonyl (C=O) groups excluding carboxylic acids is 2. The SMILES string of the molecule is CCCCCCCCCCCCC/C=C/[C@@H](O)[C@H](COP(=O)([O-])OCC[N+](C)(C)C)NC(=O)CCC/C=C\C/C=C\C/C=C\C=C\C(=O)CCCCC. The summed E-state index contributed by atoms with van der Waals surface area (Å²) in [4.78, 5) is 36.9. The number of aliphatic hydroxyl groups excluding tert-OH is 1. The van der Waals surface area contributed by atoms with Crippen molar-refractivity contribution in [1.82, 2.24) is 5.32 Å². The Hall–Kier alpha value is -2.13. The number of aliphatic hydroxyl groups is 1. The zero-order valence-corrected chi connectivity index (χ0v) is 35.1. The second-order valence-corrected chi connectivity index (χ2v) is 16.4. The number of phosphoric acid groups is 1. The fourth-order valence-corrected chi connectivity index (χ4v) is 6.06. The van der Waals surface area contributed by atoms with Gasteiger partial charge in [0, 0.05) is 12.8 Å². The maximum Gasteiger partial charge on any atom is 0.268 e. The molecule has 1 amide bonds. The van der Waals surface area contributed by atoms with Gasteiger partial charge < -0.3 is 28.8 Å². The quantitative estimate of drug-likeness (QED) is 0.0163. The molecule has 53 heavy (non-hydrogen) atoms. The first-order valence-electron chi connectivity index (χ1n) is 20.6. The Morgan fingerprint density at radius 1 is 0.717 bits per heavy atom. The number of quaternary nitrogens is 1. The van der Waals surface area contributed by atoms with Gasteiger partial charge in [-0.05, 0) is 51.0 Å². The number of allylic oxidation sites excluding steroid dienone is 9. The van der Waals surface area contributed by atoms with Crippen LogP contribution in [0.3, 0.4) is 0 Å². The van der Waals surface area contributed by atoms with E-state index in [0.29, 0.717) is 23.9 Å². The molecule has 0 radical (unpaired) electrons. The van der Waals surface area contributed by atoms with Gasteiger partial charge in [0.1, 0.15) is 13.2 Å². The molecule has 0 fully saturated rings. The molecular weight excluding hydrogens is 687 g/mol. The lowest BCUT2D eigenvalue weighted by Crippen LogP contribution is -2.45. The van der Waals surface area contributed by atoms with Crippen LogP contribution in [-0.2, 0) is 23.2 Å². The highest BCUT2D eigenvalue weighted by atomic mass is 31.2. The van der Waals surface area contributed by atoms with Crippen LogP contribution in [0.5, 0.6) is 0 Å². The number of likely N-dealkylation sites (N-methyl/N-ethyl adjacent to an activating group) is 1. The highest BCUT2D eigenvalue weighted by Gasteiger charge is 2.23. The van der Waals surface area contributed by atoms with E-state index in [1.807, 2.05) is 45.4 Å². The second kappa shape index (κ2) is 34.4. The summed E-state index contributed by atoms with van der Waals surface area (Å²) < 4.78 is 23.1. The minimum absolute atomic E-state index is 0.0246. The summed E-state index contributed by atoms with van der Waals surface area (Å²) in [7, 11) is 1.18. The van der Waals surface area contributed by atoms with Gasteiger partial charge in [0.2, 0.25) is 5.91 Å². The monoisotopic (exact) mass is 765 g/mol. The molecule has 0 bridgehead atoms. The van der Waals surface area contributed by atoms with E-state index in [0.717, 1.165) is 57.8 Å². The Labute approximate surface area is 324 Å². The number of carbonyl (C=O) groups is 2. The molecule has 1 unspecified atom stereocenters. The van der Waals surface area contributed by atoms with Crippen LogP contribution in [0.2, 0.25) is 0 Å². The van der Waals surface area contributed by atoms with Crippen molar-refractivity contribution in [3.8, 4) is 0 Å². The number of unbranched alkanes of at least 4 members (excludes halogenated alkanes) is 14. The molecule has 0 aromatic rings. The average molecular weight is 765 g/mol. The summed E-state index contributed by atoms with van der Waals surface area (Å²) in [6, 6.07) is -0.933. The van der Waals surface area contributed by atoms with E-state index < -0.39 is 26.6 Å². The summed E-state index contributed by atoms with van der Waals surface area (Å²) >= 11 is 0. The molecule has 0 aromatic heterocycles. The zero-order valence-electron chi connectivity index (χ0n) is 34.2. The number of hydrogen-bond acceptors (Lipinski definition) is 7. The minimum atomic E-state index is -4.61. The molecule has 0 aliphatic heterocycles. The van der Waals surface area contributed by atoms with Crippen molar-refractivity contribution < 1.29 is 37.7 Å². The van der Waals surface area contributed by atoms with E-state index in [1.165, 1.54) is 57.8 Å². The smallest absolute Gasteiger partial charge is 0.268 e. The van der Waals surface area contributed by atoms with Gasteiger partial charge in [-0.3, -0.25) is 14.2 Å². The molecule has 10 heteroatoms. The minimum Gasteiger partial charge on any atom is -0.756 e. The van der Waals surface area contributed by atoms with Gasteiger partial charge in [-0.15, -0.1) is 0 Å². The Morgan fingerprint density at radius 2 is 1.28 bits per heavy atom. The van der Waals surface area contributed by atoms with Gasteiger partial charge in [0.05, 0.1) is 39.9 Å². The number of ketones is 1. The Morgan fingerprint density at radius 3 is 1.92 bits per heavy atom. The second-order valence-electron chi connectivity index (χ2n) is 15.0. The third-order valence-corrected chi connectivity index (χ3v) is 9.66. The molecule has 0 saturated heterocycles. The largest absolute Gasteiger partial charge is 0.756 e. The summed E-state index contributed by atoms with van der Waals surface area (Å²) in [5.41, 5.74) is 0. The van der Waals surface area contributed by atoms with E-state index in [1.54, 1.807) is 18.2 Å². The molecule has 0 aliphatic carbocycles. The van der Waals surface area contributed by atoms with Crippen molar-refractivity contribution in [2.45, 2.75) is 161 Å². The molecule has 3 atom stereocenters. The van der Waals surface area contributed by atoms with Gasteiger partial charge in [-0.25, -0.2) is 0 Å². The first-order chi connectivity index (χ1) is 25.4. The molecule has 2 N–H and O–H groups in total. The number of amides is 1. The number of nitrogens with zero attached hydrogens (tertiary/aromatic N) is 1. The van der Waals surface area contributed by atoms with Crippen molar-refractivity contribution in [2.75, 3.05) is 40.9 Å². The van der Waals surface area contributed by atoms with Crippen LogP contribution in [-0.4, -0.2) is 74.3 Å². The van der Waals surface area contributed by atoms with Crippen molar-refractivity contribution in [3.05, 3.63) is 60.8 Å². The van der Waals surface area contributed by atoms with Crippen molar-refractivity contribution in [2.24, 2.45) is 0 Å². The van der Waals surface area contributed by atoms with E-state index in [-0.39, 0.29) is 24.7 Å². The molecule has 0 spiro atoms. The van der Waals surface area contributed by atoms with Crippen molar-refractivity contribution >= 4 is 19.5 Å². The standard InChI is InChI=1S/C43H77N2O7P/c1-6-8-10-11-12-13-14-15-18-21-24-27-31-35-42(47)41(39-52-53(49,50)51-38-37-45(3,4)5)44-43(48)36-32-28-25-22-19-16-17-20-23-26-30-34-40(46)33-29-9-7-2/h16-17,22-23,25-26,30-31,34-35,41-42,47H,6-15,18-21,24,27-29,32-33,36-39H2,1-5H3,(H-,44,48,49,50)/b17-16-,25-22-,26-23-,34-30+,35-31+/t41-,42+/m0/s1. The fourth-order valence-electron chi connectivity index (χ4n) is 5.33. The number of rotatable bonds is 36. The van der Waals surface area contributed by atoms with Gasteiger partial charge in [0.15, 0.2) is 5.78 Å². The van der Waals surface area contributed by atoms with E-state index >= 15 is 0 Å². The van der Waals surface area contributed by atoms with Crippen LogP contribution in [0.25, 0.3) is 0 Å². The van der Waals surface area contributed by atoms with Crippen LogP contribution in [0.4, 0.5) is 0 Å². The third-order valence-electron chi connectivity index (χ3n) is 8.70. The third kappa shape index (κ3) is 36.6. The lowest BCUT2D eigenvalue weighted by atomic mass is 10.0. The molecule has 306 valence electrons. The predicted molar refractivity (Wildman–Crippen MR) is 219 cm³/mol. The topological polar surface area (TPSA) is 125 Å². The summed E-state index contributed by atoms with van der Waals surface area (Å²) in [5, 5.41) is 13.7. The first-order valence-corrected chi connectivity index (χ1v) is 22.1. The fraction of sp³-hybridized carbons (Fsp3) is 0.721. The van der Waals surface area contributed by atoms with Crippen LogP contribution in [0.1, 0.15) is 149 Å². The molecular formula is C43H77N2O7P. The lowest BCUT2D eigenvalue weighted by Gasteiger charge is -2.29. The highest BCUT2D eigenvalue weighted by molar-refractivity contribution is 7.45. The average Bonchev–Trinajstić information content (AvgIpc) is 3.10. The molecule has 0 aromatic carbocycles. The van der Waals surface area contributed by atoms with Crippen molar-refractivity contribution in [3.63, 3.8) is 0 Å². The van der Waals surface area contributed by atoms with Crippen LogP contribution in [0, 0.1) is 0 Å². The summed E-state index contributed by atoms with van der Waals surface area (Å²) in [6.45, 7) is 4.40. The van der Waals surface area contributed by atoms with Gasteiger partial charge in [0.25, 0.3) is 7.82 Å². The molecule has 9 nitrogen and oxygen atoms in total.